The van der Waals surface area contributed by atoms with Gasteiger partial charge in [0.1, 0.15) is 18.4 Å². The third-order valence-corrected chi connectivity index (χ3v) is 7.18. The summed E-state index contributed by atoms with van der Waals surface area (Å²) in [6.07, 6.45) is 1.60. The molecule has 1 N–H and O–H groups in total. The lowest BCUT2D eigenvalue weighted by Gasteiger charge is -2.32. The van der Waals surface area contributed by atoms with Crippen LogP contribution in [0.5, 0.6) is 0 Å². The first-order chi connectivity index (χ1) is 15.8. The zero-order chi connectivity index (χ0) is 25.6. The SMILES string of the molecule is CC[C@@H](C)NC(=O)[C@@H](C)N(Cc1c(Cl)cccc1Cl)C(=O)CN(c1cccc(F)c1)S(C)(=O)=O. The molecule has 2 rings (SSSR count). The van der Waals surface area contributed by atoms with Crippen LogP contribution < -0.4 is 9.62 Å². The molecule has 0 heterocycles. The van der Waals surface area contributed by atoms with Crippen molar-refractivity contribution in [2.45, 2.75) is 45.8 Å². The Morgan fingerprint density at radius 1 is 1.09 bits per heavy atom. The van der Waals surface area contributed by atoms with Crippen molar-refractivity contribution < 1.29 is 22.4 Å². The summed E-state index contributed by atoms with van der Waals surface area (Å²) in [7, 11) is -3.95. The van der Waals surface area contributed by atoms with Crippen molar-refractivity contribution in [3.63, 3.8) is 0 Å². The molecule has 0 radical (unpaired) electrons. The topological polar surface area (TPSA) is 86.8 Å². The second-order valence-electron chi connectivity index (χ2n) is 7.97. The lowest BCUT2D eigenvalue weighted by molar-refractivity contribution is -0.139. The van der Waals surface area contributed by atoms with Gasteiger partial charge < -0.3 is 10.2 Å². The van der Waals surface area contributed by atoms with Crippen molar-refractivity contribution in [2.24, 2.45) is 0 Å². The highest BCUT2D eigenvalue weighted by Crippen LogP contribution is 2.27. The average Bonchev–Trinajstić information content (AvgIpc) is 2.75. The molecule has 186 valence electrons. The third kappa shape index (κ3) is 7.32. The number of anilines is 1. The normalized spacial score (nSPS) is 13.1. The molecule has 7 nitrogen and oxygen atoms in total. The highest BCUT2D eigenvalue weighted by Gasteiger charge is 2.31. The molecule has 0 saturated carbocycles. The molecule has 0 fully saturated rings. The van der Waals surface area contributed by atoms with Crippen molar-refractivity contribution in [3.8, 4) is 0 Å². The predicted molar refractivity (Wildman–Crippen MR) is 133 cm³/mol. The molecule has 2 aromatic rings. The second-order valence-corrected chi connectivity index (χ2v) is 10.7. The maximum absolute atomic E-state index is 13.8. The number of hydrogen-bond donors (Lipinski definition) is 1. The fourth-order valence-corrected chi connectivity index (χ4v) is 4.51. The van der Waals surface area contributed by atoms with E-state index in [4.69, 9.17) is 23.2 Å². The van der Waals surface area contributed by atoms with Gasteiger partial charge in [-0.3, -0.25) is 13.9 Å². The minimum Gasteiger partial charge on any atom is -0.352 e. The van der Waals surface area contributed by atoms with Gasteiger partial charge in [0.05, 0.1) is 11.9 Å². The van der Waals surface area contributed by atoms with Gasteiger partial charge in [0.25, 0.3) is 0 Å². The monoisotopic (exact) mass is 531 g/mol. The average molecular weight is 532 g/mol. The summed E-state index contributed by atoms with van der Waals surface area (Å²) in [4.78, 5) is 27.5. The number of halogens is 3. The molecular formula is C23H28Cl2FN3O4S. The summed E-state index contributed by atoms with van der Waals surface area (Å²) in [5.41, 5.74) is 0.405. The molecule has 0 saturated heterocycles. The fraction of sp³-hybridized carbons (Fsp3) is 0.391. The van der Waals surface area contributed by atoms with Crippen molar-refractivity contribution in [1.82, 2.24) is 10.2 Å². The lowest BCUT2D eigenvalue weighted by Crippen LogP contribution is -2.52. The van der Waals surface area contributed by atoms with E-state index in [1.165, 1.54) is 30.0 Å². The van der Waals surface area contributed by atoms with Crippen LogP contribution in [-0.2, 0) is 26.2 Å². The Morgan fingerprint density at radius 2 is 1.68 bits per heavy atom. The van der Waals surface area contributed by atoms with Gasteiger partial charge in [0.15, 0.2) is 0 Å². The van der Waals surface area contributed by atoms with Crippen LogP contribution in [0.3, 0.4) is 0 Å². The first-order valence-corrected chi connectivity index (χ1v) is 13.2. The third-order valence-electron chi connectivity index (χ3n) is 5.33. The number of benzene rings is 2. The Bertz CT molecular complexity index is 1130. The van der Waals surface area contributed by atoms with Gasteiger partial charge in [-0.1, -0.05) is 42.3 Å². The Kier molecular flexibility index (Phi) is 9.73. The number of rotatable bonds is 10. The van der Waals surface area contributed by atoms with E-state index in [2.05, 4.69) is 5.32 Å². The maximum atomic E-state index is 13.8. The number of carbonyl (C=O) groups excluding carboxylic acids is 2. The van der Waals surface area contributed by atoms with Crippen LogP contribution >= 0.6 is 23.2 Å². The van der Waals surface area contributed by atoms with E-state index in [-0.39, 0.29) is 18.3 Å². The molecule has 11 heteroatoms. The summed E-state index contributed by atoms with van der Waals surface area (Å²) < 4.78 is 39.5. The fourth-order valence-electron chi connectivity index (χ4n) is 3.15. The Balaban J connectivity index is 2.45. The molecule has 2 aromatic carbocycles. The van der Waals surface area contributed by atoms with Gasteiger partial charge in [0.2, 0.25) is 21.8 Å². The quantitative estimate of drug-likeness (QED) is 0.496. The number of hydrogen-bond acceptors (Lipinski definition) is 4. The molecule has 0 unspecified atom stereocenters. The van der Waals surface area contributed by atoms with Crippen LogP contribution in [-0.4, -0.2) is 50.0 Å². The van der Waals surface area contributed by atoms with Crippen molar-refractivity contribution in [2.75, 3.05) is 17.1 Å². The molecular weight excluding hydrogens is 504 g/mol. The first-order valence-electron chi connectivity index (χ1n) is 10.6. The number of nitrogens with zero attached hydrogens (tertiary/aromatic N) is 2. The van der Waals surface area contributed by atoms with Crippen molar-refractivity contribution in [3.05, 3.63) is 63.9 Å². The van der Waals surface area contributed by atoms with Gasteiger partial charge >= 0.3 is 0 Å². The van der Waals surface area contributed by atoms with E-state index in [9.17, 15) is 22.4 Å². The van der Waals surface area contributed by atoms with Crippen molar-refractivity contribution >= 4 is 50.7 Å². The highest BCUT2D eigenvalue weighted by molar-refractivity contribution is 7.92. The minimum absolute atomic E-state index is 0.0108. The Labute approximate surface area is 209 Å². The molecule has 2 amide bonds. The van der Waals surface area contributed by atoms with Gasteiger partial charge in [0, 0.05) is 28.2 Å². The van der Waals surface area contributed by atoms with Crippen LogP contribution in [0.1, 0.15) is 32.8 Å². The molecule has 0 aliphatic heterocycles. The van der Waals surface area contributed by atoms with Gasteiger partial charge in [-0.25, -0.2) is 12.8 Å². The number of nitrogens with one attached hydrogen (secondary N) is 1. The predicted octanol–water partition coefficient (Wildman–Crippen LogP) is 4.23. The highest BCUT2D eigenvalue weighted by atomic mass is 35.5. The van der Waals surface area contributed by atoms with Gasteiger partial charge in [-0.2, -0.15) is 0 Å². The summed E-state index contributed by atoms with van der Waals surface area (Å²) >= 11 is 12.6. The number of amides is 2. The van der Waals surface area contributed by atoms with Crippen LogP contribution in [0, 0.1) is 5.82 Å². The largest absolute Gasteiger partial charge is 0.352 e. The van der Waals surface area contributed by atoms with Gasteiger partial charge in [-0.05, 0) is 50.6 Å². The number of sulfonamides is 1. The molecule has 0 spiro atoms. The van der Waals surface area contributed by atoms with E-state index >= 15 is 0 Å². The Hall–Kier alpha value is -2.36. The zero-order valence-corrected chi connectivity index (χ0v) is 21.7. The molecule has 2 atom stereocenters. The molecule has 0 aliphatic carbocycles. The van der Waals surface area contributed by atoms with E-state index in [1.54, 1.807) is 18.2 Å². The van der Waals surface area contributed by atoms with E-state index < -0.39 is 40.2 Å². The summed E-state index contributed by atoms with van der Waals surface area (Å²) in [6.45, 7) is 4.49. The molecule has 0 aromatic heterocycles. The summed E-state index contributed by atoms with van der Waals surface area (Å²) in [5, 5.41) is 3.41. The van der Waals surface area contributed by atoms with Crippen LogP contribution in [0.25, 0.3) is 0 Å². The molecule has 0 bridgehead atoms. The van der Waals surface area contributed by atoms with E-state index in [0.717, 1.165) is 16.6 Å². The lowest BCUT2D eigenvalue weighted by atomic mass is 10.1. The standard InChI is InChI=1S/C23H28Cl2FN3O4S/c1-5-15(2)27-23(31)16(3)28(13-19-20(24)10-7-11-21(19)25)22(30)14-29(34(4,32)33)18-9-6-8-17(26)12-18/h6-12,15-16H,5,13-14H2,1-4H3,(H,27,31)/t15-,16-/m1/s1. The Morgan fingerprint density at radius 3 is 2.21 bits per heavy atom. The maximum Gasteiger partial charge on any atom is 0.244 e. The van der Waals surface area contributed by atoms with Crippen LogP contribution in [0.2, 0.25) is 10.0 Å². The molecule has 34 heavy (non-hydrogen) atoms. The minimum atomic E-state index is -3.95. The van der Waals surface area contributed by atoms with E-state index in [0.29, 0.717) is 22.0 Å². The van der Waals surface area contributed by atoms with Crippen LogP contribution in [0.4, 0.5) is 10.1 Å². The van der Waals surface area contributed by atoms with Crippen molar-refractivity contribution in [1.29, 1.82) is 0 Å². The summed E-state index contributed by atoms with van der Waals surface area (Å²) in [5.74, 6) is -1.75. The number of carbonyl (C=O) groups is 2. The molecule has 0 aliphatic rings. The zero-order valence-electron chi connectivity index (χ0n) is 19.4. The summed E-state index contributed by atoms with van der Waals surface area (Å²) in [6, 6.07) is 8.66. The van der Waals surface area contributed by atoms with Gasteiger partial charge in [-0.15, -0.1) is 0 Å². The smallest absolute Gasteiger partial charge is 0.244 e. The second kappa shape index (κ2) is 11.9. The van der Waals surface area contributed by atoms with Crippen LogP contribution in [0.15, 0.2) is 42.5 Å². The van der Waals surface area contributed by atoms with E-state index in [1.807, 2.05) is 13.8 Å². The first kappa shape index (κ1) is 27.9.